The minimum atomic E-state index is -0.396. The molecule has 0 aliphatic rings. The third kappa shape index (κ3) is 5.16. The van der Waals surface area contributed by atoms with Gasteiger partial charge in [0.1, 0.15) is 12.2 Å². The van der Waals surface area contributed by atoms with Crippen molar-refractivity contribution >= 4 is 35.6 Å². The van der Waals surface area contributed by atoms with E-state index in [-0.39, 0.29) is 29.7 Å². The van der Waals surface area contributed by atoms with Gasteiger partial charge in [0.15, 0.2) is 5.96 Å². The van der Waals surface area contributed by atoms with Crippen molar-refractivity contribution in [2.24, 2.45) is 12.0 Å². The Morgan fingerprint density at radius 3 is 2.65 bits per heavy atom. The molecule has 0 amide bonds. The first kappa shape index (κ1) is 18.8. The lowest BCUT2D eigenvalue weighted by Gasteiger charge is -2.11. The molecule has 1 heterocycles. The van der Waals surface area contributed by atoms with Crippen molar-refractivity contribution in [3.63, 3.8) is 0 Å². The van der Waals surface area contributed by atoms with Gasteiger partial charge in [0.2, 0.25) is 0 Å². The maximum atomic E-state index is 11.0. The molecule has 1 aromatic heterocycles. The number of aromatic nitrogens is 3. The Labute approximate surface area is 150 Å². The van der Waals surface area contributed by atoms with Gasteiger partial charge in [-0.05, 0) is 0 Å². The van der Waals surface area contributed by atoms with Gasteiger partial charge in [0, 0.05) is 32.3 Å². The highest BCUT2D eigenvalue weighted by Gasteiger charge is 2.12. The molecule has 0 aliphatic heterocycles. The van der Waals surface area contributed by atoms with E-state index >= 15 is 0 Å². The molecule has 10 heteroatoms. The van der Waals surface area contributed by atoms with Gasteiger partial charge in [-0.3, -0.25) is 19.8 Å². The highest BCUT2D eigenvalue weighted by molar-refractivity contribution is 14.0. The summed E-state index contributed by atoms with van der Waals surface area (Å²) < 4.78 is 1.66. The second-order valence-electron chi connectivity index (χ2n) is 4.47. The van der Waals surface area contributed by atoms with Crippen LogP contribution in [0.4, 0.5) is 5.69 Å². The second kappa shape index (κ2) is 9.02. The first-order valence-electron chi connectivity index (χ1n) is 6.61. The molecule has 0 saturated carbocycles. The number of guanidine groups is 1. The van der Waals surface area contributed by atoms with Crippen LogP contribution in [-0.4, -0.2) is 32.7 Å². The minimum Gasteiger partial charge on any atom is -0.352 e. The van der Waals surface area contributed by atoms with Gasteiger partial charge in [-0.1, -0.05) is 18.2 Å². The summed E-state index contributed by atoms with van der Waals surface area (Å²) in [4.78, 5) is 18.7. The number of nitrogens with zero attached hydrogens (tertiary/aromatic N) is 5. The molecule has 0 saturated heterocycles. The van der Waals surface area contributed by atoms with E-state index in [1.165, 1.54) is 12.4 Å². The summed E-state index contributed by atoms with van der Waals surface area (Å²) in [5, 5.41) is 21.1. The number of halogens is 1. The molecular weight excluding hydrogens is 413 g/mol. The summed E-state index contributed by atoms with van der Waals surface area (Å²) in [6.45, 7) is 0.753. The predicted octanol–water partition coefficient (Wildman–Crippen LogP) is 1.21. The Morgan fingerprint density at radius 2 is 2.04 bits per heavy atom. The minimum absolute atomic E-state index is 0. The van der Waals surface area contributed by atoms with Crippen LogP contribution in [0.3, 0.4) is 0 Å². The number of aryl methyl sites for hydroxylation is 1. The van der Waals surface area contributed by atoms with Crippen molar-refractivity contribution in [3.05, 3.63) is 52.1 Å². The Bertz CT molecular complexity index is 686. The van der Waals surface area contributed by atoms with E-state index in [2.05, 4.69) is 25.7 Å². The molecule has 124 valence electrons. The Kier molecular flexibility index (Phi) is 7.38. The van der Waals surface area contributed by atoms with E-state index < -0.39 is 4.92 Å². The van der Waals surface area contributed by atoms with E-state index in [0.717, 1.165) is 5.82 Å². The Hall–Kier alpha value is -2.24. The fourth-order valence-electron chi connectivity index (χ4n) is 1.88. The molecule has 2 aromatic rings. The Balaban J connectivity index is 0.00000264. The summed E-state index contributed by atoms with van der Waals surface area (Å²) in [7, 11) is 3.43. The van der Waals surface area contributed by atoms with Crippen LogP contribution in [0.2, 0.25) is 0 Å². The van der Waals surface area contributed by atoms with Crippen molar-refractivity contribution < 1.29 is 4.92 Å². The van der Waals surface area contributed by atoms with Gasteiger partial charge in [-0.15, -0.1) is 24.0 Å². The SMILES string of the molecule is CN=C(NCc1ccccc1[N+](=O)[O-])NCc1ncnn1C.I. The number of nitrogens with one attached hydrogen (secondary N) is 2. The van der Waals surface area contributed by atoms with E-state index in [9.17, 15) is 10.1 Å². The summed E-state index contributed by atoms with van der Waals surface area (Å²) >= 11 is 0. The molecule has 2 N–H and O–H groups in total. The number of aliphatic imine (C=N–C) groups is 1. The van der Waals surface area contributed by atoms with Crippen molar-refractivity contribution in [3.8, 4) is 0 Å². The topological polar surface area (TPSA) is 110 Å². The average Bonchev–Trinajstić information content (AvgIpc) is 2.93. The van der Waals surface area contributed by atoms with E-state index in [0.29, 0.717) is 24.6 Å². The van der Waals surface area contributed by atoms with Gasteiger partial charge in [-0.2, -0.15) is 5.10 Å². The standard InChI is InChI=1S/C13H17N7O2.HI/c1-14-13(16-8-12-17-9-18-19(12)2)15-7-10-5-3-4-6-11(10)20(21)22;/h3-6,9H,7-8H2,1-2H3,(H2,14,15,16);1H. The van der Waals surface area contributed by atoms with Crippen LogP contribution in [0.25, 0.3) is 0 Å². The molecule has 1 aromatic carbocycles. The molecular formula is C13H18IN7O2. The second-order valence-corrected chi connectivity index (χ2v) is 4.47. The number of rotatable bonds is 5. The van der Waals surface area contributed by atoms with Crippen LogP contribution in [0.5, 0.6) is 0 Å². The van der Waals surface area contributed by atoms with Crippen LogP contribution in [-0.2, 0) is 20.1 Å². The molecule has 0 radical (unpaired) electrons. The zero-order chi connectivity index (χ0) is 15.9. The summed E-state index contributed by atoms with van der Waals surface area (Å²) in [5.74, 6) is 1.29. The lowest BCUT2D eigenvalue weighted by molar-refractivity contribution is -0.385. The predicted molar refractivity (Wildman–Crippen MR) is 96.6 cm³/mol. The molecule has 23 heavy (non-hydrogen) atoms. The normalized spacial score (nSPS) is 10.8. The molecule has 0 bridgehead atoms. The quantitative estimate of drug-likeness (QED) is 0.242. The van der Waals surface area contributed by atoms with Crippen molar-refractivity contribution in [1.82, 2.24) is 25.4 Å². The summed E-state index contributed by atoms with van der Waals surface area (Å²) in [6.07, 6.45) is 1.47. The largest absolute Gasteiger partial charge is 0.352 e. The van der Waals surface area contributed by atoms with Crippen molar-refractivity contribution in [1.29, 1.82) is 0 Å². The first-order valence-corrected chi connectivity index (χ1v) is 6.61. The van der Waals surface area contributed by atoms with Gasteiger partial charge in [-0.25, -0.2) is 4.98 Å². The monoisotopic (exact) mass is 431 g/mol. The van der Waals surface area contributed by atoms with Gasteiger partial charge >= 0.3 is 0 Å². The summed E-state index contributed by atoms with van der Waals surface area (Å²) in [5.41, 5.74) is 0.674. The maximum absolute atomic E-state index is 11.0. The van der Waals surface area contributed by atoms with Crippen LogP contribution in [0.15, 0.2) is 35.6 Å². The van der Waals surface area contributed by atoms with Crippen LogP contribution in [0.1, 0.15) is 11.4 Å². The van der Waals surface area contributed by atoms with Crippen molar-refractivity contribution in [2.45, 2.75) is 13.1 Å². The van der Waals surface area contributed by atoms with Crippen LogP contribution < -0.4 is 10.6 Å². The molecule has 0 atom stereocenters. The first-order chi connectivity index (χ1) is 10.6. The number of benzene rings is 1. The zero-order valence-corrected chi connectivity index (χ0v) is 15.1. The molecule has 0 aliphatic carbocycles. The average molecular weight is 431 g/mol. The number of nitro benzene ring substituents is 1. The lowest BCUT2D eigenvalue weighted by atomic mass is 10.2. The molecule has 0 spiro atoms. The zero-order valence-electron chi connectivity index (χ0n) is 12.8. The molecule has 0 unspecified atom stereocenters. The highest BCUT2D eigenvalue weighted by Crippen LogP contribution is 2.16. The number of nitro groups is 1. The fourth-order valence-corrected chi connectivity index (χ4v) is 1.88. The number of para-hydroxylation sites is 1. The van der Waals surface area contributed by atoms with E-state index in [1.807, 2.05) is 0 Å². The van der Waals surface area contributed by atoms with E-state index in [4.69, 9.17) is 0 Å². The van der Waals surface area contributed by atoms with Gasteiger partial charge in [0.05, 0.1) is 11.5 Å². The maximum Gasteiger partial charge on any atom is 0.274 e. The third-order valence-electron chi connectivity index (χ3n) is 3.08. The molecule has 2 rings (SSSR count). The summed E-state index contributed by atoms with van der Waals surface area (Å²) in [6, 6.07) is 6.59. The fraction of sp³-hybridized carbons (Fsp3) is 0.308. The Morgan fingerprint density at radius 1 is 1.35 bits per heavy atom. The van der Waals surface area contributed by atoms with E-state index in [1.54, 1.807) is 37.0 Å². The van der Waals surface area contributed by atoms with Gasteiger partial charge < -0.3 is 10.6 Å². The highest BCUT2D eigenvalue weighted by atomic mass is 127. The smallest absolute Gasteiger partial charge is 0.274 e. The van der Waals surface area contributed by atoms with Crippen LogP contribution in [0, 0.1) is 10.1 Å². The molecule has 9 nitrogen and oxygen atoms in total. The lowest BCUT2D eigenvalue weighted by Crippen LogP contribution is -2.37. The number of hydrogen-bond acceptors (Lipinski definition) is 5. The molecule has 0 fully saturated rings. The number of hydrogen-bond donors (Lipinski definition) is 2. The third-order valence-corrected chi connectivity index (χ3v) is 3.08. The van der Waals surface area contributed by atoms with Crippen LogP contribution >= 0.6 is 24.0 Å². The van der Waals surface area contributed by atoms with Gasteiger partial charge in [0.25, 0.3) is 5.69 Å². The van der Waals surface area contributed by atoms with Crippen molar-refractivity contribution in [2.75, 3.05) is 7.05 Å².